The van der Waals surface area contributed by atoms with Crippen molar-refractivity contribution in [3.8, 4) is 11.5 Å². The summed E-state index contributed by atoms with van der Waals surface area (Å²) in [6.45, 7) is -0.255. The van der Waals surface area contributed by atoms with Crippen molar-refractivity contribution in [1.29, 1.82) is 0 Å². The minimum Gasteiger partial charge on any atom is -0.496 e. The number of carbonyl (C=O) groups excluding carboxylic acids is 2. The first-order valence-corrected chi connectivity index (χ1v) is 9.66. The second-order valence-corrected chi connectivity index (χ2v) is 8.21. The molecule has 0 aliphatic heterocycles. The first-order valence-electron chi connectivity index (χ1n) is 9.28. The molecule has 2 aromatic rings. The minimum absolute atomic E-state index is 0.0220. The van der Waals surface area contributed by atoms with Gasteiger partial charge in [0.05, 0.1) is 17.7 Å². The highest BCUT2D eigenvalue weighted by molar-refractivity contribution is 6.30. The van der Waals surface area contributed by atoms with Gasteiger partial charge in [-0.15, -0.1) is 0 Å². The molecule has 0 spiro atoms. The van der Waals surface area contributed by atoms with Crippen LogP contribution in [0, 0.1) is 11.6 Å². The molecule has 0 atom stereocenters. The number of hydrogen-bond acceptors (Lipinski definition) is 4. The van der Waals surface area contributed by atoms with Gasteiger partial charge in [0.2, 0.25) is 0 Å². The monoisotopic (exact) mass is 436 g/mol. The van der Waals surface area contributed by atoms with Crippen LogP contribution < -0.4 is 20.1 Å². The molecular weight excluding hydrogens is 418 g/mol. The standard InChI is InChI=1S/C21H19ClF2N2O4/c1-29-17-6-12(23)2-4-14(17)19(28)26-21-9-20(10-21,11-21)25-18(27)8-30-13-3-5-15(22)16(24)7-13/h2-7H,8-11H2,1H3,(H,25,27)(H,26,28). The maximum absolute atomic E-state index is 13.4. The molecule has 3 saturated carbocycles. The summed E-state index contributed by atoms with van der Waals surface area (Å²) in [6.07, 6.45) is 1.78. The molecule has 2 N–H and O–H groups in total. The number of hydrogen-bond donors (Lipinski definition) is 2. The summed E-state index contributed by atoms with van der Waals surface area (Å²) in [6, 6.07) is 7.69. The molecule has 2 aromatic carbocycles. The molecule has 0 unspecified atom stereocenters. The molecule has 158 valence electrons. The number of amides is 2. The average Bonchev–Trinajstić information content (AvgIpc) is 2.66. The highest BCUT2D eigenvalue weighted by Crippen LogP contribution is 2.60. The van der Waals surface area contributed by atoms with Gasteiger partial charge in [-0.3, -0.25) is 9.59 Å². The number of carbonyl (C=O) groups is 2. The van der Waals surface area contributed by atoms with Crippen LogP contribution >= 0.6 is 11.6 Å². The van der Waals surface area contributed by atoms with E-state index in [0.29, 0.717) is 19.3 Å². The number of nitrogens with one attached hydrogen (secondary N) is 2. The topological polar surface area (TPSA) is 76.7 Å². The van der Waals surface area contributed by atoms with E-state index in [1.165, 1.54) is 31.4 Å². The van der Waals surface area contributed by atoms with Gasteiger partial charge in [-0.2, -0.15) is 0 Å². The zero-order chi connectivity index (χ0) is 21.5. The van der Waals surface area contributed by atoms with Crippen molar-refractivity contribution in [1.82, 2.24) is 10.6 Å². The van der Waals surface area contributed by atoms with E-state index in [-0.39, 0.29) is 51.6 Å². The van der Waals surface area contributed by atoms with Crippen molar-refractivity contribution in [2.24, 2.45) is 0 Å². The van der Waals surface area contributed by atoms with Crippen LogP contribution in [-0.2, 0) is 4.79 Å². The Morgan fingerprint density at radius 3 is 2.43 bits per heavy atom. The highest BCUT2D eigenvalue weighted by atomic mass is 35.5. The van der Waals surface area contributed by atoms with Gasteiger partial charge < -0.3 is 20.1 Å². The molecule has 0 heterocycles. The van der Waals surface area contributed by atoms with Crippen molar-refractivity contribution < 1.29 is 27.8 Å². The Hall–Kier alpha value is -2.87. The summed E-state index contributed by atoms with van der Waals surface area (Å²) >= 11 is 5.61. The van der Waals surface area contributed by atoms with Gasteiger partial charge in [-0.05, 0) is 43.5 Å². The van der Waals surface area contributed by atoms with E-state index in [4.69, 9.17) is 21.1 Å². The molecule has 30 heavy (non-hydrogen) atoms. The largest absolute Gasteiger partial charge is 0.496 e. The first-order chi connectivity index (χ1) is 14.2. The van der Waals surface area contributed by atoms with E-state index >= 15 is 0 Å². The number of halogens is 3. The normalized spacial score (nSPS) is 23.6. The van der Waals surface area contributed by atoms with E-state index in [9.17, 15) is 18.4 Å². The van der Waals surface area contributed by atoms with Gasteiger partial charge in [0.1, 0.15) is 23.1 Å². The summed E-state index contributed by atoms with van der Waals surface area (Å²) in [5, 5.41) is 5.85. The summed E-state index contributed by atoms with van der Waals surface area (Å²) in [5.41, 5.74) is -0.499. The summed E-state index contributed by atoms with van der Waals surface area (Å²) in [4.78, 5) is 24.7. The van der Waals surface area contributed by atoms with Crippen molar-refractivity contribution >= 4 is 23.4 Å². The van der Waals surface area contributed by atoms with Gasteiger partial charge in [-0.1, -0.05) is 11.6 Å². The van der Waals surface area contributed by atoms with E-state index in [2.05, 4.69) is 10.6 Å². The number of benzene rings is 2. The minimum atomic E-state index is -0.621. The smallest absolute Gasteiger partial charge is 0.258 e. The lowest BCUT2D eigenvalue weighted by Crippen LogP contribution is -2.84. The van der Waals surface area contributed by atoms with Crippen molar-refractivity contribution in [2.45, 2.75) is 30.3 Å². The van der Waals surface area contributed by atoms with Crippen LogP contribution in [-0.4, -0.2) is 36.6 Å². The Kier molecular flexibility index (Phi) is 5.05. The second kappa shape index (κ2) is 7.43. The fourth-order valence-corrected chi connectivity index (χ4v) is 4.38. The van der Waals surface area contributed by atoms with Crippen molar-refractivity contribution in [2.75, 3.05) is 13.7 Å². The van der Waals surface area contributed by atoms with Crippen molar-refractivity contribution in [3.05, 3.63) is 58.6 Å². The van der Waals surface area contributed by atoms with Crippen LogP contribution in [0.15, 0.2) is 36.4 Å². The molecule has 6 nitrogen and oxygen atoms in total. The molecule has 0 saturated heterocycles. The lowest BCUT2D eigenvalue weighted by Gasteiger charge is -2.70. The summed E-state index contributed by atoms with van der Waals surface area (Å²) in [5.74, 6) is -1.41. The molecule has 3 fully saturated rings. The number of rotatable bonds is 7. The maximum atomic E-state index is 13.4. The van der Waals surface area contributed by atoms with E-state index in [1.807, 2.05) is 0 Å². The molecular formula is C21H19ClF2N2O4. The van der Waals surface area contributed by atoms with E-state index < -0.39 is 11.6 Å². The van der Waals surface area contributed by atoms with Crippen LogP contribution in [0.1, 0.15) is 29.6 Å². The molecule has 3 aliphatic carbocycles. The van der Waals surface area contributed by atoms with Gasteiger partial charge in [0, 0.05) is 23.2 Å². The summed E-state index contributed by atoms with van der Waals surface area (Å²) in [7, 11) is 1.37. The zero-order valence-corrected chi connectivity index (χ0v) is 16.8. The van der Waals surface area contributed by atoms with Gasteiger partial charge in [0.15, 0.2) is 6.61 Å². The fourth-order valence-electron chi connectivity index (χ4n) is 4.26. The second-order valence-electron chi connectivity index (χ2n) is 7.80. The highest BCUT2D eigenvalue weighted by Gasteiger charge is 2.69. The number of methoxy groups -OCH3 is 1. The fraction of sp³-hybridized carbons (Fsp3) is 0.333. The molecule has 0 aromatic heterocycles. The molecule has 2 amide bonds. The zero-order valence-electron chi connectivity index (χ0n) is 16.1. The maximum Gasteiger partial charge on any atom is 0.258 e. The predicted molar refractivity (Wildman–Crippen MR) is 105 cm³/mol. The van der Waals surface area contributed by atoms with E-state index in [1.54, 1.807) is 0 Å². The molecule has 2 bridgehead atoms. The van der Waals surface area contributed by atoms with Crippen LogP contribution in [0.5, 0.6) is 11.5 Å². The van der Waals surface area contributed by atoms with Crippen molar-refractivity contribution in [3.63, 3.8) is 0 Å². The Balaban J connectivity index is 1.27. The van der Waals surface area contributed by atoms with E-state index in [0.717, 1.165) is 12.1 Å². The number of ether oxygens (including phenoxy) is 2. The molecule has 3 aliphatic rings. The molecule has 0 radical (unpaired) electrons. The Labute approximate surface area is 176 Å². The lowest BCUT2D eigenvalue weighted by atomic mass is 9.44. The van der Waals surface area contributed by atoms with Gasteiger partial charge in [0.25, 0.3) is 11.8 Å². The quantitative estimate of drug-likeness (QED) is 0.698. The van der Waals surface area contributed by atoms with Gasteiger partial charge >= 0.3 is 0 Å². The van der Waals surface area contributed by atoms with Gasteiger partial charge in [-0.25, -0.2) is 8.78 Å². The average molecular weight is 437 g/mol. The van der Waals surface area contributed by atoms with Crippen LogP contribution in [0.25, 0.3) is 0 Å². The summed E-state index contributed by atoms with van der Waals surface area (Å²) < 4.78 is 37.1. The molecule has 9 heteroatoms. The third-order valence-electron chi connectivity index (χ3n) is 5.48. The Morgan fingerprint density at radius 2 is 1.77 bits per heavy atom. The third-order valence-corrected chi connectivity index (χ3v) is 5.79. The predicted octanol–water partition coefficient (Wildman–Crippen LogP) is 3.23. The third kappa shape index (κ3) is 3.79. The Morgan fingerprint density at radius 1 is 1.07 bits per heavy atom. The first kappa shape index (κ1) is 20.4. The molecule has 5 rings (SSSR count). The van der Waals surface area contributed by atoms with Crippen LogP contribution in [0.3, 0.4) is 0 Å². The van der Waals surface area contributed by atoms with Crippen LogP contribution in [0.2, 0.25) is 5.02 Å². The SMILES string of the molecule is COc1cc(F)ccc1C(=O)NC12CC(NC(=O)COc3ccc(Cl)c(F)c3)(C1)C2. The Bertz CT molecular complexity index is 1010. The van der Waals surface area contributed by atoms with Crippen LogP contribution in [0.4, 0.5) is 8.78 Å². The lowest BCUT2D eigenvalue weighted by molar-refractivity contribution is -0.141.